The Kier molecular flexibility index (Phi) is 4.49. The summed E-state index contributed by atoms with van der Waals surface area (Å²) < 4.78 is 2.61. The first-order chi connectivity index (χ1) is 9.45. The molecule has 0 radical (unpaired) electrons. The van der Waals surface area contributed by atoms with Crippen LogP contribution in [0.4, 0.5) is 0 Å². The van der Waals surface area contributed by atoms with Crippen molar-refractivity contribution in [3.05, 3.63) is 28.2 Å². The Labute approximate surface area is 124 Å². The number of tetrazole rings is 1. The number of aryl methyl sites for hydroxylation is 1. The van der Waals surface area contributed by atoms with Crippen molar-refractivity contribution in [1.29, 1.82) is 0 Å². The number of carbonyl (C=O) groups is 1. The minimum absolute atomic E-state index is 0.0389. The molecule has 0 bridgehead atoms. The van der Waals surface area contributed by atoms with Gasteiger partial charge < -0.3 is 5.11 Å². The molecule has 1 N–H and O–H groups in total. The largest absolute Gasteiger partial charge is 0.481 e. The molecule has 20 heavy (non-hydrogen) atoms. The smallest absolute Gasteiger partial charge is 0.303 e. The summed E-state index contributed by atoms with van der Waals surface area (Å²) in [5.74, 6) is -0.208. The van der Waals surface area contributed by atoms with Gasteiger partial charge in [-0.1, -0.05) is 22.9 Å². The van der Waals surface area contributed by atoms with Crippen LogP contribution in [0.2, 0.25) is 0 Å². The van der Waals surface area contributed by atoms with Crippen molar-refractivity contribution in [3.8, 4) is 11.4 Å². The van der Waals surface area contributed by atoms with Crippen molar-refractivity contribution >= 4 is 21.9 Å². The fourth-order valence-electron chi connectivity index (χ4n) is 2.06. The summed E-state index contributed by atoms with van der Waals surface area (Å²) in [6.07, 6.45) is 0.0941. The van der Waals surface area contributed by atoms with Crippen LogP contribution in [0.15, 0.2) is 22.7 Å². The Morgan fingerprint density at radius 2 is 2.20 bits per heavy atom. The van der Waals surface area contributed by atoms with Crippen LogP contribution in [0, 0.1) is 12.8 Å². The molecule has 2 rings (SSSR count). The van der Waals surface area contributed by atoms with Gasteiger partial charge >= 0.3 is 5.97 Å². The molecule has 0 aliphatic rings. The van der Waals surface area contributed by atoms with Crippen molar-refractivity contribution in [3.63, 3.8) is 0 Å². The van der Waals surface area contributed by atoms with Gasteiger partial charge in [0.1, 0.15) is 0 Å². The normalized spacial score (nSPS) is 12.3. The van der Waals surface area contributed by atoms with Crippen molar-refractivity contribution in [2.24, 2.45) is 5.92 Å². The van der Waals surface area contributed by atoms with Crippen LogP contribution in [0.3, 0.4) is 0 Å². The van der Waals surface area contributed by atoms with Gasteiger partial charge in [0.2, 0.25) is 0 Å². The maximum absolute atomic E-state index is 10.7. The second-order valence-corrected chi connectivity index (χ2v) is 5.82. The molecule has 0 saturated heterocycles. The number of halogens is 1. The number of carboxylic acid groups (broad SMARTS) is 1. The lowest BCUT2D eigenvalue weighted by molar-refractivity contribution is -0.138. The van der Waals surface area contributed by atoms with E-state index in [9.17, 15) is 4.79 Å². The maximum atomic E-state index is 10.7. The Morgan fingerprint density at radius 1 is 1.45 bits per heavy atom. The number of nitrogens with zero attached hydrogens (tertiary/aromatic N) is 4. The van der Waals surface area contributed by atoms with Crippen LogP contribution < -0.4 is 0 Å². The van der Waals surface area contributed by atoms with Crippen molar-refractivity contribution in [2.75, 3.05) is 0 Å². The van der Waals surface area contributed by atoms with Crippen molar-refractivity contribution in [2.45, 2.75) is 26.8 Å². The van der Waals surface area contributed by atoms with Gasteiger partial charge in [-0.15, -0.1) is 5.10 Å². The summed E-state index contributed by atoms with van der Waals surface area (Å²) in [7, 11) is 0. The zero-order valence-electron chi connectivity index (χ0n) is 11.2. The summed E-state index contributed by atoms with van der Waals surface area (Å²) in [4.78, 5) is 10.7. The molecule has 0 aliphatic heterocycles. The minimum atomic E-state index is -0.814. The highest BCUT2D eigenvalue weighted by Gasteiger charge is 2.14. The van der Waals surface area contributed by atoms with Gasteiger partial charge in [0.25, 0.3) is 0 Å². The highest BCUT2D eigenvalue weighted by Crippen LogP contribution is 2.23. The number of carboxylic acids is 1. The number of benzene rings is 1. The van der Waals surface area contributed by atoms with Crippen LogP contribution in [0.25, 0.3) is 11.4 Å². The van der Waals surface area contributed by atoms with E-state index in [1.54, 1.807) is 4.68 Å². The number of hydrogen-bond donors (Lipinski definition) is 1. The van der Waals surface area contributed by atoms with Gasteiger partial charge in [0.15, 0.2) is 5.82 Å². The number of rotatable bonds is 5. The fraction of sp³-hybridized carbons (Fsp3) is 0.385. The topological polar surface area (TPSA) is 80.9 Å². The summed E-state index contributed by atoms with van der Waals surface area (Å²) in [5.41, 5.74) is 2.01. The third kappa shape index (κ3) is 3.63. The first-order valence-electron chi connectivity index (χ1n) is 6.21. The molecular formula is C13H15BrN4O2. The van der Waals surface area contributed by atoms with Crippen LogP contribution in [-0.4, -0.2) is 31.3 Å². The third-order valence-corrected chi connectivity index (χ3v) is 3.30. The van der Waals surface area contributed by atoms with Gasteiger partial charge in [-0.2, -0.15) is 0 Å². The van der Waals surface area contributed by atoms with E-state index < -0.39 is 5.97 Å². The molecule has 0 spiro atoms. The number of hydrogen-bond acceptors (Lipinski definition) is 4. The van der Waals surface area contributed by atoms with E-state index in [2.05, 4.69) is 31.5 Å². The lowest BCUT2D eigenvalue weighted by atomic mass is 10.1. The molecule has 0 saturated carbocycles. The molecule has 0 fully saturated rings. The number of aromatic nitrogens is 4. The van der Waals surface area contributed by atoms with Crippen molar-refractivity contribution in [1.82, 2.24) is 20.2 Å². The Morgan fingerprint density at radius 3 is 2.85 bits per heavy atom. The van der Waals surface area contributed by atoms with Gasteiger partial charge in [0.05, 0.1) is 0 Å². The lowest BCUT2D eigenvalue weighted by Crippen LogP contribution is -2.14. The van der Waals surface area contributed by atoms with Gasteiger partial charge in [-0.3, -0.25) is 4.79 Å². The molecule has 7 heteroatoms. The quantitative estimate of drug-likeness (QED) is 0.905. The van der Waals surface area contributed by atoms with Gasteiger partial charge in [-0.05, 0) is 47.0 Å². The second kappa shape index (κ2) is 6.13. The summed E-state index contributed by atoms with van der Waals surface area (Å²) in [6, 6.07) is 5.94. The molecule has 0 amide bonds. The lowest BCUT2D eigenvalue weighted by Gasteiger charge is -2.10. The molecule has 1 atom stereocenters. The molecule has 1 heterocycles. The van der Waals surface area contributed by atoms with Gasteiger partial charge in [-0.25, -0.2) is 4.68 Å². The van der Waals surface area contributed by atoms with E-state index in [-0.39, 0.29) is 12.3 Å². The zero-order valence-corrected chi connectivity index (χ0v) is 12.8. The van der Waals surface area contributed by atoms with E-state index in [0.717, 1.165) is 15.6 Å². The molecule has 6 nitrogen and oxygen atoms in total. The number of aliphatic carboxylic acids is 1. The minimum Gasteiger partial charge on any atom is -0.481 e. The molecule has 0 aliphatic carbocycles. The zero-order chi connectivity index (χ0) is 14.7. The highest BCUT2D eigenvalue weighted by molar-refractivity contribution is 9.10. The SMILES string of the molecule is Cc1cc(Br)cc(-c2nnnn2CC(C)CC(=O)O)c1. The maximum Gasteiger partial charge on any atom is 0.303 e. The van der Waals surface area contributed by atoms with Crippen molar-refractivity contribution < 1.29 is 9.90 Å². The molecule has 1 unspecified atom stereocenters. The highest BCUT2D eigenvalue weighted by atomic mass is 79.9. The van der Waals surface area contributed by atoms with E-state index in [4.69, 9.17) is 5.11 Å². The van der Waals surface area contributed by atoms with Gasteiger partial charge in [0, 0.05) is 23.0 Å². The predicted octanol–water partition coefficient (Wildman–Crippen LogP) is 2.52. The Bertz CT molecular complexity index is 606. The molecule has 2 aromatic rings. The molecular weight excluding hydrogens is 324 g/mol. The first kappa shape index (κ1) is 14.6. The van der Waals surface area contributed by atoms with E-state index in [0.29, 0.717) is 12.4 Å². The predicted molar refractivity (Wildman–Crippen MR) is 77.1 cm³/mol. The summed E-state index contributed by atoms with van der Waals surface area (Å²) >= 11 is 3.45. The second-order valence-electron chi connectivity index (χ2n) is 4.90. The van der Waals surface area contributed by atoms with Crippen LogP contribution in [-0.2, 0) is 11.3 Å². The fourth-order valence-corrected chi connectivity index (χ4v) is 2.67. The van der Waals surface area contributed by atoms with E-state index in [1.165, 1.54) is 0 Å². The standard InChI is InChI=1S/C13H15BrN4O2/c1-8-3-10(6-11(14)4-8)13-15-16-17-18(13)7-9(2)5-12(19)20/h3-4,6,9H,5,7H2,1-2H3,(H,19,20). The Hall–Kier alpha value is -1.76. The third-order valence-electron chi connectivity index (χ3n) is 2.84. The average molecular weight is 339 g/mol. The molecule has 1 aromatic heterocycles. The monoisotopic (exact) mass is 338 g/mol. The van der Waals surface area contributed by atoms with E-state index in [1.807, 2.05) is 32.0 Å². The summed E-state index contributed by atoms with van der Waals surface area (Å²) in [6.45, 7) is 4.33. The average Bonchev–Trinajstić information content (AvgIpc) is 2.74. The first-order valence-corrected chi connectivity index (χ1v) is 7.00. The van der Waals surface area contributed by atoms with Crippen LogP contribution >= 0.6 is 15.9 Å². The van der Waals surface area contributed by atoms with Crippen LogP contribution in [0.1, 0.15) is 18.9 Å². The molecule has 1 aromatic carbocycles. The summed E-state index contributed by atoms with van der Waals surface area (Å²) in [5, 5.41) is 20.5. The molecule has 106 valence electrons. The van der Waals surface area contributed by atoms with Crippen LogP contribution in [0.5, 0.6) is 0 Å². The Balaban J connectivity index is 2.26. The van der Waals surface area contributed by atoms with E-state index >= 15 is 0 Å².